The average molecular weight is 337 g/mol. The highest BCUT2D eigenvalue weighted by Gasteiger charge is 2.45. The maximum absolute atomic E-state index is 12.0. The van der Waals surface area contributed by atoms with Crippen molar-refractivity contribution >= 4 is 34.7 Å². The lowest BCUT2D eigenvalue weighted by molar-refractivity contribution is 0.0200. The molecule has 0 spiro atoms. The van der Waals surface area contributed by atoms with Gasteiger partial charge in [0, 0.05) is 15.6 Å². The fourth-order valence-corrected chi connectivity index (χ4v) is 3.57. The fourth-order valence-electron chi connectivity index (χ4n) is 2.47. The van der Waals surface area contributed by atoms with Crippen molar-refractivity contribution in [2.24, 2.45) is 5.92 Å². The van der Waals surface area contributed by atoms with Crippen molar-refractivity contribution in [1.82, 2.24) is 5.32 Å². The van der Waals surface area contributed by atoms with Crippen LogP contribution in [0.4, 0.5) is 10.5 Å². The van der Waals surface area contributed by atoms with Gasteiger partial charge in [-0.25, -0.2) is 4.79 Å². The standard InChI is InChI=1S/C16H17ClN2O2S/c17-12-3-1-4-13(9-12)19-15(20)18-10-16(21,11-6-7-11)14-5-2-8-22-14/h1-5,8-9,11,21H,6-7,10H2,(H2,18,19,20). The van der Waals surface area contributed by atoms with E-state index in [1.165, 1.54) is 11.3 Å². The van der Waals surface area contributed by atoms with Gasteiger partial charge in [0.25, 0.3) is 0 Å². The molecule has 1 fully saturated rings. The van der Waals surface area contributed by atoms with Gasteiger partial charge in [-0.05, 0) is 48.4 Å². The largest absolute Gasteiger partial charge is 0.382 e. The van der Waals surface area contributed by atoms with Crippen LogP contribution in [0.3, 0.4) is 0 Å². The molecule has 6 heteroatoms. The molecule has 0 aliphatic heterocycles. The molecule has 1 aromatic heterocycles. The summed E-state index contributed by atoms with van der Waals surface area (Å²) in [5.74, 6) is 0.220. The topological polar surface area (TPSA) is 61.4 Å². The minimum atomic E-state index is -0.972. The van der Waals surface area contributed by atoms with Crippen LogP contribution in [0.25, 0.3) is 0 Å². The summed E-state index contributed by atoms with van der Waals surface area (Å²) < 4.78 is 0. The van der Waals surface area contributed by atoms with Crippen LogP contribution in [0.15, 0.2) is 41.8 Å². The molecule has 1 aliphatic carbocycles. The number of anilines is 1. The van der Waals surface area contributed by atoms with Crippen LogP contribution in [0.1, 0.15) is 17.7 Å². The highest BCUT2D eigenvalue weighted by Crippen LogP contribution is 2.46. The molecule has 22 heavy (non-hydrogen) atoms. The van der Waals surface area contributed by atoms with Gasteiger partial charge in [-0.15, -0.1) is 11.3 Å². The summed E-state index contributed by atoms with van der Waals surface area (Å²) >= 11 is 7.40. The van der Waals surface area contributed by atoms with Crippen LogP contribution in [-0.2, 0) is 5.60 Å². The Bertz CT molecular complexity index is 658. The van der Waals surface area contributed by atoms with E-state index in [0.29, 0.717) is 10.7 Å². The molecule has 1 aliphatic rings. The van der Waals surface area contributed by atoms with Crippen molar-refractivity contribution in [2.45, 2.75) is 18.4 Å². The molecule has 3 N–H and O–H groups in total. The van der Waals surface area contributed by atoms with Crippen molar-refractivity contribution < 1.29 is 9.90 Å². The first-order chi connectivity index (χ1) is 10.6. The summed E-state index contributed by atoms with van der Waals surface area (Å²) in [6.07, 6.45) is 1.98. The molecular weight excluding hydrogens is 320 g/mol. The SMILES string of the molecule is O=C(NCC(O)(c1cccs1)C1CC1)Nc1cccc(Cl)c1. The Morgan fingerprint density at radius 3 is 2.82 bits per heavy atom. The van der Waals surface area contributed by atoms with Crippen molar-refractivity contribution in [3.63, 3.8) is 0 Å². The van der Waals surface area contributed by atoms with Gasteiger partial charge in [-0.3, -0.25) is 0 Å². The Kier molecular flexibility index (Phi) is 4.38. The molecule has 116 valence electrons. The van der Waals surface area contributed by atoms with Gasteiger partial charge in [0.05, 0.1) is 6.54 Å². The number of carbonyl (C=O) groups is 1. The number of rotatable bonds is 5. The zero-order valence-electron chi connectivity index (χ0n) is 11.9. The van der Waals surface area contributed by atoms with Crippen molar-refractivity contribution in [3.05, 3.63) is 51.7 Å². The highest BCUT2D eigenvalue weighted by molar-refractivity contribution is 7.10. The second kappa shape index (κ2) is 6.28. The minimum Gasteiger partial charge on any atom is -0.382 e. The summed E-state index contributed by atoms with van der Waals surface area (Å²) in [7, 11) is 0. The molecule has 4 nitrogen and oxygen atoms in total. The van der Waals surface area contributed by atoms with E-state index in [4.69, 9.17) is 11.6 Å². The molecule has 1 heterocycles. The Morgan fingerprint density at radius 1 is 1.36 bits per heavy atom. The predicted molar refractivity (Wildman–Crippen MR) is 89.4 cm³/mol. The number of hydrogen-bond donors (Lipinski definition) is 3. The van der Waals surface area contributed by atoms with Gasteiger partial charge in [0.15, 0.2) is 0 Å². The van der Waals surface area contributed by atoms with E-state index in [-0.39, 0.29) is 18.5 Å². The first kappa shape index (κ1) is 15.3. The van der Waals surface area contributed by atoms with E-state index in [1.807, 2.05) is 17.5 Å². The molecule has 1 aromatic carbocycles. The van der Waals surface area contributed by atoms with Crippen LogP contribution < -0.4 is 10.6 Å². The quantitative estimate of drug-likeness (QED) is 0.777. The van der Waals surface area contributed by atoms with E-state index < -0.39 is 5.60 Å². The summed E-state index contributed by atoms with van der Waals surface area (Å²) in [5, 5.41) is 18.9. The zero-order valence-corrected chi connectivity index (χ0v) is 13.5. The number of thiophene rings is 1. The van der Waals surface area contributed by atoms with E-state index in [1.54, 1.807) is 24.3 Å². The van der Waals surface area contributed by atoms with Crippen LogP contribution >= 0.6 is 22.9 Å². The molecule has 3 rings (SSSR count). The maximum Gasteiger partial charge on any atom is 0.319 e. The summed E-state index contributed by atoms with van der Waals surface area (Å²) in [6, 6.07) is 10.4. The normalized spacial score (nSPS) is 16.8. The number of nitrogens with one attached hydrogen (secondary N) is 2. The van der Waals surface area contributed by atoms with Gasteiger partial charge in [0.1, 0.15) is 5.60 Å². The van der Waals surface area contributed by atoms with E-state index in [9.17, 15) is 9.90 Å². The Hall–Kier alpha value is -1.56. The van der Waals surface area contributed by atoms with Crippen molar-refractivity contribution in [2.75, 3.05) is 11.9 Å². The molecule has 1 atom stereocenters. The molecular formula is C16H17ClN2O2S. The van der Waals surface area contributed by atoms with Gasteiger partial charge in [-0.1, -0.05) is 23.7 Å². The number of carbonyl (C=O) groups excluding carboxylic acids is 1. The van der Waals surface area contributed by atoms with Crippen molar-refractivity contribution in [1.29, 1.82) is 0 Å². The number of halogens is 1. The summed E-state index contributed by atoms with van der Waals surface area (Å²) in [5.41, 5.74) is -0.351. The van der Waals surface area contributed by atoms with Gasteiger partial charge in [0.2, 0.25) is 0 Å². The highest BCUT2D eigenvalue weighted by atomic mass is 35.5. The molecule has 1 unspecified atom stereocenters. The van der Waals surface area contributed by atoms with E-state index in [0.717, 1.165) is 17.7 Å². The van der Waals surface area contributed by atoms with E-state index >= 15 is 0 Å². The third kappa shape index (κ3) is 3.43. The fraction of sp³-hybridized carbons (Fsp3) is 0.312. The molecule has 0 radical (unpaired) electrons. The number of urea groups is 1. The molecule has 2 amide bonds. The second-order valence-corrected chi connectivity index (χ2v) is 6.88. The zero-order chi connectivity index (χ0) is 15.6. The molecule has 0 saturated heterocycles. The number of hydrogen-bond acceptors (Lipinski definition) is 3. The second-order valence-electron chi connectivity index (χ2n) is 5.49. The number of aliphatic hydroxyl groups is 1. The van der Waals surface area contributed by atoms with Crippen LogP contribution in [0.2, 0.25) is 5.02 Å². The summed E-state index contributed by atoms with van der Waals surface area (Å²) in [4.78, 5) is 12.9. The smallest absolute Gasteiger partial charge is 0.319 e. The minimum absolute atomic E-state index is 0.199. The Labute approximate surface area is 138 Å². The third-order valence-corrected chi connectivity index (χ3v) is 5.07. The van der Waals surface area contributed by atoms with Crippen LogP contribution in [0, 0.1) is 5.92 Å². The molecule has 0 bridgehead atoms. The van der Waals surface area contributed by atoms with Crippen molar-refractivity contribution in [3.8, 4) is 0 Å². The van der Waals surface area contributed by atoms with Gasteiger partial charge < -0.3 is 15.7 Å². The first-order valence-corrected chi connectivity index (χ1v) is 8.40. The Morgan fingerprint density at radius 2 is 2.18 bits per heavy atom. The Balaban J connectivity index is 1.62. The lowest BCUT2D eigenvalue weighted by Gasteiger charge is -2.27. The average Bonchev–Trinajstić information content (AvgIpc) is 3.20. The molecule has 1 saturated carbocycles. The lowest BCUT2D eigenvalue weighted by atomic mass is 9.96. The lowest BCUT2D eigenvalue weighted by Crippen LogP contribution is -2.43. The summed E-state index contributed by atoms with van der Waals surface area (Å²) in [6.45, 7) is 0.199. The number of benzene rings is 1. The third-order valence-electron chi connectivity index (χ3n) is 3.80. The van der Waals surface area contributed by atoms with E-state index in [2.05, 4.69) is 10.6 Å². The van der Waals surface area contributed by atoms with Crippen LogP contribution in [-0.4, -0.2) is 17.7 Å². The molecule has 2 aromatic rings. The maximum atomic E-state index is 12.0. The van der Waals surface area contributed by atoms with Gasteiger partial charge >= 0.3 is 6.03 Å². The number of amides is 2. The van der Waals surface area contributed by atoms with Gasteiger partial charge in [-0.2, -0.15) is 0 Å². The van der Waals surface area contributed by atoms with Crippen LogP contribution in [0.5, 0.6) is 0 Å². The monoisotopic (exact) mass is 336 g/mol. The first-order valence-electron chi connectivity index (χ1n) is 7.15. The predicted octanol–water partition coefficient (Wildman–Crippen LogP) is 3.82.